The molecule has 0 radical (unpaired) electrons. The number of aliphatic hydroxyl groups is 1. The van der Waals surface area contributed by atoms with E-state index in [0.29, 0.717) is 0 Å². The van der Waals surface area contributed by atoms with Crippen LogP contribution < -0.4 is 5.32 Å². The maximum atomic E-state index is 12.1. The van der Waals surface area contributed by atoms with E-state index >= 15 is 0 Å². The van der Waals surface area contributed by atoms with Crippen LogP contribution in [0.1, 0.15) is 30.9 Å². The van der Waals surface area contributed by atoms with Gasteiger partial charge in [-0.05, 0) is 36.8 Å². The summed E-state index contributed by atoms with van der Waals surface area (Å²) in [5, 5.41) is 12.0. The Kier molecular flexibility index (Phi) is 4.37. The van der Waals surface area contributed by atoms with Gasteiger partial charge in [-0.3, -0.25) is 4.79 Å². The Morgan fingerprint density at radius 1 is 1.44 bits per heavy atom. The molecule has 0 spiro atoms. The van der Waals surface area contributed by atoms with Gasteiger partial charge in [-0.2, -0.15) is 0 Å². The number of carbonyl (C=O) groups is 1. The number of carbonyl (C=O) groups excluding carboxylic acids is 1. The molecule has 2 atom stereocenters. The molecule has 2 rings (SSSR count). The minimum absolute atomic E-state index is 0.0194. The zero-order chi connectivity index (χ0) is 13.0. The lowest BCUT2D eigenvalue weighted by Gasteiger charge is -2.25. The summed E-state index contributed by atoms with van der Waals surface area (Å²) >= 11 is 0. The zero-order valence-corrected chi connectivity index (χ0v) is 10.9. The number of fused-ring (bicyclic) bond motifs is 1. The average molecular weight is 247 g/mol. The van der Waals surface area contributed by atoms with Crippen LogP contribution in [0.5, 0.6) is 0 Å². The van der Waals surface area contributed by atoms with Crippen molar-refractivity contribution in [3.05, 3.63) is 35.4 Å². The smallest absolute Gasteiger partial charge is 0.223 e. The fourth-order valence-electron chi connectivity index (χ4n) is 2.52. The third kappa shape index (κ3) is 2.91. The minimum atomic E-state index is -0.102. The Labute approximate surface area is 108 Å². The van der Waals surface area contributed by atoms with Crippen LogP contribution in [-0.4, -0.2) is 23.7 Å². The topological polar surface area (TPSA) is 49.3 Å². The highest BCUT2D eigenvalue weighted by Crippen LogP contribution is 2.25. The van der Waals surface area contributed by atoms with Gasteiger partial charge in [-0.15, -0.1) is 0 Å². The van der Waals surface area contributed by atoms with Crippen LogP contribution >= 0.6 is 0 Å². The Bertz CT molecular complexity index is 413. The summed E-state index contributed by atoms with van der Waals surface area (Å²) in [6.07, 6.45) is 3.48. The summed E-state index contributed by atoms with van der Waals surface area (Å²) in [7, 11) is 0. The molecular formula is C15H21NO2. The van der Waals surface area contributed by atoms with E-state index < -0.39 is 0 Å². The number of nitrogens with one attached hydrogen (secondary N) is 1. The van der Waals surface area contributed by atoms with E-state index in [1.165, 1.54) is 11.1 Å². The normalized spacial score (nSPS) is 20.0. The van der Waals surface area contributed by atoms with E-state index in [-0.39, 0.29) is 24.5 Å². The van der Waals surface area contributed by atoms with E-state index in [2.05, 4.69) is 23.5 Å². The van der Waals surface area contributed by atoms with Crippen LogP contribution in [0.15, 0.2) is 24.3 Å². The van der Waals surface area contributed by atoms with Crippen molar-refractivity contribution in [2.75, 3.05) is 6.61 Å². The van der Waals surface area contributed by atoms with E-state index in [4.69, 9.17) is 5.11 Å². The molecule has 18 heavy (non-hydrogen) atoms. The Balaban J connectivity index is 1.98. The van der Waals surface area contributed by atoms with E-state index in [9.17, 15) is 4.79 Å². The summed E-state index contributed by atoms with van der Waals surface area (Å²) in [5.74, 6) is 0.144. The molecule has 1 aromatic carbocycles. The average Bonchev–Trinajstić information content (AvgIpc) is 2.44. The number of hydrogen-bond acceptors (Lipinski definition) is 2. The quantitative estimate of drug-likeness (QED) is 0.850. The molecule has 0 bridgehead atoms. The van der Waals surface area contributed by atoms with E-state index in [1.54, 1.807) is 0 Å². The van der Waals surface area contributed by atoms with Gasteiger partial charge < -0.3 is 10.4 Å². The summed E-state index contributed by atoms with van der Waals surface area (Å²) in [6, 6.07) is 8.24. The van der Waals surface area contributed by atoms with Crippen LogP contribution in [0.2, 0.25) is 0 Å². The molecule has 0 aromatic heterocycles. The van der Waals surface area contributed by atoms with Gasteiger partial charge in [0.25, 0.3) is 0 Å². The fraction of sp³-hybridized carbons (Fsp3) is 0.533. The molecule has 98 valence electrons. The standard InChI is InChI=1S/C15H21NO2/c1-2-14(10-17)16-15(18)13-8-7-11-5-3-4-6-12(11)9-13/h3-6,13-14,17H,2,7-10H2,1H3,(H,16,18)/t13?,14-/m0/s1. The van der Waals surface area contributed by atoms with E-state index in [0.717, 1.165) is 25.7 Å². The molecule has 3 heteroatoms. The highest BCUT2D eigenvalue weighted by atomic mass is 16.3. The lowest BCUT2D eigenvalue weighted by atomic mass is 9.83. The second kappa shape index (κ2) is 6.01. The molecular weight excluding hydrogens is 226 g/mol. The van der Waals surface area contributed by atoms with Crippen molar-refractivity contribution in [1.82, 2.24) is 5.32 Å². The van der Waals surface area contributed by atoms with Crippen LogP contribution in [0.3, 0.4) is 0 Å². The van der Waals surface area contributed by atoms with Crippen molar-refractivity contribution in [2.45, 2.75) is 38.6 Å². The first kappa shape index (κ1) is 13.1. The van der Waals surface area contributed by atoms with Gasteiger partial charge >= 0.3 is 0 Å². The number of hydrogen-bond donors (Lipinski definition) is 2. The molecule has 2 N–H and O–H groups in total. The number of aliphatic hydroxyl groups excluding tert-OH is 1. The van der Waals surface area contributed by atoms with Crippen LogP contribution in [0.25, 0.3) is 0 Å². The third-order valence-electron chi connectivity index (χ3n) is 3.78. The first-order valence-electron chi connectivity index (χ1n) is 6.72. The molecule has 0 aliphatic heterocycles. The van der Waals surface area contributed by atoms with Crippen LogP contribution in [0, 0.1) is 5.92 Å². The largest absolute Gasteiger partial charge is 0.394 e. The van der Waals surface area contributed by atoms with Crippen molar-refractivity contribution >= 4 is 5.91 Å². The number of amides is 1. The maximum absolute atomic E-state index is 12.1. The number of benzene rings is 1. The maximum Gasteiger partial charge on any atom is 0.223 e. The number of aryl methyl sites for hydroxylation is 1. The molecule has 0 fully saturated rings. The summed E-state index contributed by atoms with van der Waals surface area (Å²) < 4.78 is 0. The Morgan fingerprint density at radius 3 is 2.83 bits per heavy atom. The van der Waals surface area contributed by atoms with Crippen LogP contribution in [0.4, 0.5) is 0 Å². The molecule has 1 aliphatic carbocycles. The highest BCUT2D eigenvalue weighted by Gasteiger charge is 2.25. The Hall–Kier alpha value is -1.35. The summed E-state index contributed by atoms with van der Waals surface area (Å²) in [5.41, 5.74) is 2.66. The molecule has 0 heterocycles. The second-order valence-electron chi connectivity index (χ2n) is 5.00. The third-order valence-corrected chi connectivity index (χ3v) is 3.78. The van der Waals surface area contributed by atoms with Crippen molar-refractivity contribution in [3.63, 3.8) is 0 Å². The predicted molar refractivity (Wildman–Crippen MR) is 71.3 cm³/mol. The number of rotatable bonds is 4. The summed E-state index contributed by atoms with van der Waals surface area (Å²) in [6.45, 7) is 1.99. The summed E-state index contributed by atoms with van der Waals surface area (Å²) in [4.78, 5) is 12.1. The molecule has 1 unspecified atom stereocenters. The van der Waals surface area contributed by atoms with Crippen molar-refractivity contribution in [3.8, 4) is 0 Å². The minimum Gasteiger partial charge on any atom is -0.394 e. The predicted octanol–water partition coefficient (Wildman–Crippen LogP) is 1.68. The van der Waals surface area contributed by atoms with Gasteiger partial charge in [0.1, 0.15) is 0 Å². The monoisotopic (exact) mass is 247 g/mol. The molecule has 1 aliphatic rings. The SMILES string of the molecule is CC[C@@H](CO)NC(=O)C1CCc2ccccc2C1. The molecule has 0 saturated carbocycles. The van der Waals surface area contributed by atoms with Crippen molar-refractivity contribution in [1.29, 1.82) is 0 Å². The highest BCUT2D eigenvalue weighted by molar-refractivity contribution is 5.79. The molecule has 1 aromatic rings. The Morgan fingerprint density at radius 2 is 2.17 bits per heavy atom. The van der Waals surface area contributed by atoms with Crippen molar-refractivity contribution < 1.29 is 9.90 Å². The first-order valence-corrected chi connectivity index (χ1v) is 6.72. The second-order valence-corrected chi connectivity index (χ2v) is 5.00. The van der Waals surface area contributed by atoms with Crippen LogP contribution in [-0.2, 0) is 17.6 Å². The lowest BCUT2D eigenvalue weighted by molar-refractivity contribution is -0.126. The molecule has 0 saturated heterocycles. The van der Waals surface area contributed by atoms with Gasteiger partial charge in [0, 0.05) is 5.92 Å². The van der Waals surface area contributed by atoms with Gasteiger partial charge in [0.2, 0.25) is 5.91 Å². The molecule has 1 amide bonds. The van der Waals surface area contributed by atoms with Gasteiger partial charge in [-0.1, -0.05) is 31.2 Å². The molecule has 3 nitrogen and oxygen atoms in total. The first-order chi connectivity index (χ1) is 8.74. The zero-order valence-electron chi connectivity index (χ0n) is 10.9. The van der Waals surface area contributed by atoms with Gasteiger partial charge in [0.15, 0.2) is 0 Å². The van der Waals surface area contributed by atoms with Crippen molar-refractivity contribution in [2.24, 2.45) is 5.92 Å². The van der Waals surface area contributed by atoms with Gasteiger partial charge in [-0.25, -0.2) is 0 Å². The lowest BCUT2D eigenvalue weighted by Crippen LogP contribution is -2.42. The van der Waals surface area contributed by atoms with E-state index in [1.807, 2.05) is 13.0 Å². The fourth-order valence-corrected chi connectivity index (χ4v) is 2.52. The van der Waals surface area contributed by atoms with Gasteiger partial charge in [0.05, 0.1) is 12.6 Å².